The Morgan fingerprint density at radius 1 is 1.05 bits per heavy atom. The number of ether oxygens (including phenoxy) is 1. The normalized spacial score (nSPS) is 12.2. The first kappa shape index (κ1) is 15.0. The molecule has 3 nitrogen and oxygen atoms in total. The molecule has 1 atom stereocenters. The Morgan fingerprint density at radius 2 is 1.67 bits per heavy atom. The van der Waals surface area contributed by atoms with E-state index in [0.29, 0.717) is 6.42 Å². The Kier molecular flexibility index (Phi) is 5.73. The van der Waals surface area contributed by atoms with Crippen LogP contribution in [0, 0.1) is 0 Å². The van der Waals surface area contributed by atoms with Crippen molar-refractivity contribution in [2.75, 3.05) is 0 Å². The summed E-state index contributed by atoms with van der Waals surface area (Å²) in [6.45, 7) is 0.255. The number of esters is 1. The van der Waals surface area contributed by atoms with Crippen molar-refractivity contribution >= 4 is 5.97 Å². The molecular formula is C18H18O3. The van der Waals surface area contributed by atoms with Crippen LogP contribution in [0.1, 0.15) is 23.7 Å². The quantitative estimate of drug-likeness (QED) is 0.652. The van der Waals surface area contributed by atoms with Gasteiger partial charge < -0.3 is 9.84 Å². The lowest BCUT2D eigenvalue weighted by Gasteiger charge is -2.07. The molecule has 108 valence electrons. The number of carbonyl (C=O) groups is 1. The number of hydrogen-bond acceptors (Lipinski definition) is 3. The van der Waals surface area contributed by atoms with Gasteiger partial charge in [-0.05, 0) is 17.5 Å². The number of aliphatic hydroxyl groups is 1. The summed E-state index contributed by atoms with van der Waals surface area (Å²) in [7, 11) is 0. The molecule has 1 N–H and O–H groups in total. The van der Waals surface area contributed by atoms with Crippen LogP contribution in [0.5, 0.6) is 0 Å². The van der Waals surface area contributed by atoms with Gasteiger partial charge in [-0.25, -0.2) is 4.79 Å². The minimum absolute atomic E-state index is 0.255. The molecule has 0 saturated heterocycles. The maximum absolute atomic E-state index is 11.5. The fourth-order valence-electron chi connectivity index (χ4n) is 1.88. The van der Waals surface area contributed by atoms with Gasteiger partial charge in [-0.15, -0.1) is 0 Å². The SMILES string of the molecule is O=C(/C=C/CC(O)c1ccccc1)OCc1ccccc1. The zero-order chi connectivity index (χ0) is 14.9. The first-order valence-corrected chi connectivity index (χ1v) is 6.86. The minimum atomic E-state index is -0.607. The van der Waals surface area contributed by atoms with Gasteiger partial charge >= 0.3 is 5.97 Å². The third kappa shape index (κ3) is 5.24. The lowest BCUT2D eigenvalue weighted by atomic mass is 10.1. The lowest BCUT2D eigenvalue weighted by Crippen LogP contribution is -2.01. The summed E-state index contributed by atoms with van der Waals surface area (Å²) in [5.74, 6) is -0.404. The van der Waals surface area contributed by atoms with E-state index in [1.54, 1.807) is 6.08 Å². The van der Waals surface area contributed by atoms with Gasteiger partial charge in [-0.1, -0.05) is 66.7 Å². The molecule has 0 spiro atoms. The molecule has 2 aromatic rings. The molecule has 0 heterocycles. The van der Waals surface area contributed by atoms with Crippen LogP contribution in [-0.2, 0) is 16.1 Å². The summed E-state index contributed by atoms with van der Waals surface area (Å²) >= 11 is 0. The first-order valence-electron chi connectivity index (χ1n) is 6.86. The predicted molar refractivity (Wildman–Crippen MR) is 81.4 cm³/mol. The van der Waals surface area contributed by atoms with Crippen molar-refractivity contribution in [1.82, 2.24) is 0 Å². The fourth-order valence-corrected chi connectivity index (χ4v) is 1.88. The summed E-state index contributed by atoms with van der Waals surface area (Å²) in [6, 6.07) is 18.9. The molecule has 0 aliphatic carbocycles. The van der Waals surface area contributed by atoms with Gasteiger partial charge in [0.05, 0.1) is 6.10 Å². The van der Waals surface area contributed by atoms with Crippen molar-refractivity contribution in [2.45, 2.75) is 19.1 Å². The monoisotopic (exact) mass is 282 g/mol. The van der Waals surface area contributed by atoms with Gasteiger partial charge in [-0.3, -0.25) is 0 Å². The van der Waals surface area contributed by atoms with E-state index >= 15 is 0 Å². The predicted octanol–water partition coefficient (Wildman–Crippen LogP) is 3.41. The van der Waals surface area contributed by atoms with Crippen molar-refractivity contribution < 1.29 is 14.6 Å². The van der Waals surface area contributed by atoms with E-state index in [1.807, 2.05) is 60.7 Å². The Labute approximate surface area is 124 Å². The second kappa shape index (κ2) is 8.02. The molecule has 21 heavy (non-hydrogen) atoms. The average Bonchev–Trinajstić information content (AvgIpc) is 2.54. The van der Waals surface area contributed by atoms with E-state index in [4.69, 9.17) is 4.74 Å². The first-order chi connectivity index (χ1) is 10.3. The molecule has 0 aliphatic rings. The Balaban J connectivity index is 1.75. The van der Waals surface area contributed by atoms with E-state index in [2.05, 4.69) is 0 Å². The maximum atomic E-state index is 11.5. The molecule has 2 rings (SSSR count). The molecule has 0 saturated carbocycles. The third-order valence-corrected chi connectivity index (χ3v) is 3.02. The van der Waals surface area contributed by atoms with Crippen LogP contribution in [0.4, 0.5) is 0 Å². The van der Waals surface area contributed by atoms with Crippen LogP contribution < -0.4 is 0 Å². The van der Waals surface area contributed by atoms with E-state index in [0.717, 1.165) is 11.1 Å². The highest BCUT2D eigenvalue weighted by Crippen LogP contribution is 2.16. The zero-order valence-electron chi connectivity index (χ0n) is 11.7. The number of benzene rings is 2. The standard InChI is InChI=1S/C18H18O3/c19-17(16-10-5-2-6-11-16)12-7-13-18(20)21-14-15-8-3-1-4-9-15/h1-11,13,17,19H,12,14H2/b13-7+. The Hall–Kier alpha value is -2.39. The summed E-state index contributed by atoms with van der Waals surface area (Å²) in [6.07, 6.45) is 2.76. The summed E-state index contributed by atoms with van der Waals surface area (Å²) in [5.41, 5.74) is 1.78. The van der Waals surface area contributed by atoms with E-state index < -0.39 is 12.1 Å². The zero-order valence-corrected chi connectivity index (χ0v) is 11.7. The average molecular weight is 282 g/mol. The third-order valence-electron chi connectivity index (χ3n) is 3.02. The molecule has 0 bridgehead atoms. The number of carbonyl (C=O) groups excluding carboxylic acids is 1. The highest BCUT2D eigenvalue weighted by Gasteiger charge is 2.04. The van der Waals surface area contributed by atoms with Crippen molar-refractivity contribution in [3.05, 3.63) is 83.9 Å². The van der Waals surface area contributed by atoms with E-state index in [-0.39, 0.29) is 6.61 Å². The van der Waals surface area contributed by atoms with Crippen LogP contribution in [-0.4, -0.2) is 11.1 Å². The number of rotatable bonds is 6. The molecule has 0 fully saturated rings. The van der Waals surface area contributed by atoms with Gasteiger partial charge in [0.1, 0.15) is 6.61 Å². The largest absolute Gasteiger partial charge is 0.458 e. The smallest absolute Gasteiger partial charge is 0.330 e. The van der Waals surface area contributed by atoms with Gasteiger partial charge in [0.15, 0.2) is 0 Å². The molecule has 1 unspecified atom stereocenters. The van der Waals surface area contributed by atoms with Gasteiger partial charge in [-0.2, -0.15) is 0 Å². The van der Waals surface area contributed by atoms with E-state index in [1.165, 1.54) is 6.08 Å². The van der Waals surface area contributed by atoms with Crippen LogP contribution in [0.3, 0.4) is 0 Å². The van der Waals surface area contributed by atoms with Gasteiger partial charge in [0.2, 0.25) is 0 Å². The summed E-state index contributed by atoms with van der Waals surface area (Å²) in [5, 5.41) is 9.94. The Morgan fingerprint density at radius 3 is 2.33 bits per heavy atom. The minimum Gasteiger partial charge on any atom is -0.458 e. The van der Waals surface area contributed by atoms with Crippen LogP contribution in [0.25, 0.3) is 0 Å². The van der Waals surface area contributed by atoms with Crippen LogP contribution in [0.2, 0.25) is 0 Å². The summed E-state index contributed by atoms with van der Waals surface area (Å²) < 4.78 is 5.11. The van der Waals surface area contributed by atoms with Crippen LogP contribution >= 0.6 is 0 Å². The molecule has 2 aromatic carbocycles. The highest BCUT2D eigenvalue weighted by molar-refractivity contribution is 5.81. The number of hydrogen-bond donors (Lipinski definition) is 1. The van der Waals surface area contributed by atoms with Crippen molar-refractivity contribution in [2.24, 2.45) is 0 Å². The highest BCUT2D eigenvalue weighted by atomic mass is 16.5. The second-order valence-corrected chi connectivity index (χ2v) is 4.66. The molecule has 0 radical (unpaired) electrons. The van der Waals surface area contributed by atoms with Gasteiger partial charge in [0, 0.05) is 6.08 Å². The molecule has 3 heteroatoms. The van der Waals surface area contributed by atoms with Gasteiger partial charge in [0.25, 0.3) is 0 Å². The fraction of sp³-hybridized carbons (Fsp3) is 0.167. The Bertz CT molecular complexity index is 576. The summed E-state index contributed by atoms with van der Waals surface area (Å²) in [4.78, 5) is 11.5. The molecule has 0 aromatic heterocycles. The second-order valence-electron chi connectivity index (χ2n) is 4.66. The molecule has 0 amide bonds. The maximum Gasteiger partial charge on any atom is 0.330 e. The van der Waals surface area contributed by atoms with Crippen molar-refractivity contribution in [3.8, 4) is 0 Å². The lowest BCUT2D eigenvalue weighted by molar-refractivity contribution is -0.139. The number of aliphatic hydroxyl groups excluding tert-OH is 1. The topological polar surface area (TPSA) is 46.5 Å². The van der Waals surface area contributed by atoms with E-state index in [9.17, 15) is 9.90 Å². The molecular weight excluding hydrogens is 264 g/mol. The van der Waals surface area contributed by atoms with Crippen molar-refractivity contribution in [3.63, 3.8) is 0 Å². The molecule has 0 aliphatic heterocycles. The van der Waals surface area contributed by atoms with Crippen molar-refractivity contribution in [1.29, 1.82) is 0 Å². The van der Waals surface area contributed by atoms with Crippen LogP contribution in [0.15, 0.2) is 72.8 Å².